The van der Waals surface area contributed by atoms with Crippen molar-refractivity contribution in [2.24, 2.45) is 4.99 Å². The van der Waals surface area contributed by atoms with Crippen LogP contribution in [0.1, 0.15) is 27.6 Å². The van der Waals surface area contributed by atoms with E-state index in [9.17, 15) is 14.4 Å². The number of hydrogen-bond acceptors (Lipinski definition) is 6. The molecular formula is C24H20N2O5S. The van der Waals surface area contributed by atoms with E-state index in [1.165, 1.54) is 18.4 Å². The maximum absolute atomic E-state index is 13.0. The number of carbonyl (C=O) groups excluding carboxylic acids is 3. The zero-order chi connectivity index (χ0) is 22.7. The molecule has 8 heteroatoms. The van der Waals surface area contributed by atoms with E-state index in [0.717, 1.165) is 10.8 Å². The summed E-state index contributed by atoms with van der Waals surface area (Å²) in [7, 11) is 1.31. The Morgan fingerprint density at radius 2 is 1.72 bits per heavy atom. The van der Waals surface area contributed by atoms with Gasteiger partial charge < -0.3 is 14.0 Å². The van der Waals surface area contributed by atoms with Gasteiger partial charge in [0.25, 0.3) is 5.91 Å². The fourth-order valence-electron chi connectivity index (χ4n) is 3.37. The number of methoxy groups -OCH3 is 1. The predicted octanol–water partition coefficient (Wildman–Crippen LogP) is 3.95. The van der Waals surface area contributed by atoms with E-state index in [0.29, 0.717) is 26.1 Å². The molecule has 0 aliphatic carbocycles. The van der Waals surface area contributed by atoms with E-state index in [2.05, 4.69) is 4.99 Å². The number of amides is 1. The van der Waals surface area contributed by atoms with Gasteiger partial charge in [-0.15, -0.1) is 0 Å². The molecule has 162 valence electrons. The third-order valence-corrected chi connectivity index (χ3v) is 5.93. The summed E-state index contributed by atoms with van der Waals surface area (Å²) in [4.78, 5) is 41.7. The smallest absolute Gasteiger partial charge is 0.337 e. The van der Waals surface area contributed by atoms with Crippen LogP contribution < -0.4 is 4.80 Å². The lowest BCUT2D eigenvalue weighted by atomic mass is 10.1. The van der Waals surface area contributed by atoms with Gasteiger partial charge in [-0.2, -0.15) is 4.99 Å². The van der Waals surface area contributed by atoms with Crippen molar-refractivity contribution in [1.29, 1.82) is 0 Å². The quantitative estimate of drug-likeness (QED) is 0.432. The van der Waals surface area contributed by atoms with E-state index in [-0.39, 0.29) is 13.2 Å². The Kier molecular flexibility index (Phi) is 6.13. The SMILES string of the molecule is CCOC(=O)Cn1c(=NC(=O)c2ccc3ccccc3c2)sc2cc(C(=O)OC)ccc21. The molecule has 0 saturated carbocycles. The predicted molar refractivity (Wildman–Crippen MR) is 122 cm³/mol. The molecule has 0 spiro atoms. The lowest BCUT2D eigenvalue weighted by molar-refractivity contribution is -0.143. The average Bonchev–Trinajstić information content (AvgIpc) is 3.14. The summed E-state index contributed by atoms with van der Waals surface area (Å²) < 4.78 is 12.2. The van der Waals surface area contributed by atoms with Gasteiger partial charge in [-0.3, -0.25) is 9.59 Å². The second kappa shape index (κ2) is 9.15. The summed E-state index contributed by atoms with van der Waals surface area (Å²) in [6, 6.07) is 18.1. The van der Waals surface area contributed by atoms with Crippen molar-refractivity contribution >= 4 is 50.2 Å². The molecule has 1 heterocycles. The maximum atomic E-state index is 13.0. The van der Waals surface area contributed by atoms with Crippen molar-refractivity contribution in [2.45, 2.75) is 13.5 Å². The van der Waals surface area contributed by atoms with Crippen molar-refractivity contribution in [3.8, 4) is 0 Å². The Morgan fingerprint density at radius 3 is 2.47 bits per heavy atom. The Balaban J connectivity index is 1.82. The summed E-state index contributed by atoms with van der Waals surface area (Å²) in [5.74, 6) is -1.33. The first-order valence-electron chi connectivity index (χ1n) is 9.95. The number of thiazole rings is 1. The molecule has 0 fully saturated rings. The lowest BCUT2D eigenvalue weighted by Crippen LogP contribution is -2.23. The monoisotopic (exact) mass is 448 g/mol. The first-order valence-corrected chi connectivity index (χ1v) is 10.8. The van der Waals surface area contributed by atoms with Gasteiger partial charge in [0.2, 0.25) is 0 Å². The maximum Gasteiger partial charge on any atom is 0.337 e. The van der Waals surface area contributed by atoms with Crippen molar-refractivity contribution in [3.63, 3.8) is 0 Å². The summed E-state index contributed by atoms with van der Waals surface area (Å²) in [6.07, 6.45) is 0. The van der Waals surface area contributed by atoms with E-state index in [1.807, 2.05) is 30.3 Å². The van der Waals surface area contributed by atoms with Crippen LogP contribution in [0.4, 0.5) is 0 Å². The molecule has 4 aromatic rings. The van der Waals surface area contributed by atoms with Gasteiger partial charge >= 0.3 is 11.9 Å². The van der Waals surface area contributed by atoms with Crippen LogP contribution in [0.5, 0.6) is 0 Å². The molecule has 1 aromatic heterocycles. The second-order valence-electron chi connectivity index (χ2n) is 6.93. The third kappa shape index (κ3) is 4.31. The van der Waals surface area contributed by atoms with E-state index >= 15 is 0 Å². The Hall–Kier alpha value is -3.78. The number of hydrogen-bond donors (Lipinski definition) is 0. The van der Waals surface area contributed by atoms with Crippen LogP contribution in [0, 0.1) is 0 Å². The molecule has 0 aliphatic rings. The van der Waals surface area contributed by atoms with Crippen LogP contribution in [0.25, 0.3) is 21.0 Å². The normalized spacial score (nSPS) is 11.6. The van der Waals surface area contributed by atoms with Crippen LogP contribution in [-0.2, 0) is 20.8 Å². The van der Waals surface area contributed by atoms with Crippen LogP contribution in [-0.4, -0.2) is 36.1 Å². The van der Waals surface area contributed by atoms with Gasteiger partial charge in [0.05, 0.1) is 29.5 Å². The molecule has 0 unspecified atom stereocenters. The van der Waals surface area contributed by atoms with Gasteiger partial charge in [0, 0.05) is 5.56 Å². The molecule has 4 rings (SSSR count). The first kappa shape index (κ1) is 21.5. The molecule has 0 N–H and O–H groups in total. The highest BCUT2D eigenvalue weighted by atomic mass is 32.1. The molecule has 0 atom stereocenters. The lowest BCUT2D eigenvalue weighted by Gasteiger charge is -2.06. The van der Waals surface area contributed by atoms with E-state index < -0.39 is 17.8 Å². The van der Waals surface area contributed by atoms with Gasteiger partial charge in [-0.05, 0) is 48.0 Å². The molecular weight excluding hydrogens is 428 g/mol. The second-order valence-corrected chi connectivity index (χ2v) is 7.94. The Bertz CT molecular complexity index is 1420. The molecule has 0 radical (unpaired) electrons. The summed E-state index contributed by atoms with van der Waals surface area (Å²) >= 11 is 1.21. The minimum absolute atomic E-state index is 0.102. The van der Waals surface area contributed by atoms with Crippen molar-refractivity contribution in [3.05, 3.63) is 76.6 Å². The van der Waals surface area contributed by atoms with Crippen LogP contribution in [0.2, 0.25) is 0 Å². The minimum atomic E-state index is -0.469. The first-order chi connectivity index (χ1) is 15.5. The number of esters is 2. The summed E-state index contributed by atoms with van der Waals surface area (Å²) in [6.45, 7) is 1.87. The van der Waals surface area contributed by atoms with Crippen molar-refractivity contribution in [2.75, 3.05) is 13.7 Å². The fourth-order valence-corrected chi connectivity index (χ4v) is 4.43. The largest absolute Gasteiger partial charge is 0.465 e. The van der Waals surface area contributed by atoms with Gasteiger partial charge in [0.1, 0.15) is 6.54 Å². The van der Waals surface area contributed by atoms with Gasteiger partial charge in [-0.25, -0.2) is 4.79 Å². The fraction of sp³-hybridized carbons (Fsp3) is 0.167. The Morgan fingerprint density at radius 1 is 0.969 bits per heavy atom. The standard InChI is InChI=1S/C24H20N2O5S/c1-3-31-21(27)14-26-19-11-10-18(23(29)30-2)13-20(19)32-24(26)25-22(28)17-9-8-15-6-4-5-7-16(15)12-17/h4-13H,3,14H2,1-2H3. The highest BCUT2D eigenvalue weighted by Crippen LogP contribution is 2.21. The number of rotatable bonds is 5. The van der Waals surface area contributed by atoms with Gasteiger partial charge in [0.15, 0.2) is 4.80 Å². The number of nitrogens with zero attached hydrogens (tertiary/aromatic N) is 2. The summed E-state index contributed by atoms with van der Waals surface area (Å²) in [5, 5.41) is 1.96. The van der Waals surface area contributed by atoms with Gasteiger partial charge in [-0.1, -0.05) is 41.7 Å². The molecule has 32 heavy (non-hydrogen) atoms. The average molecular weight is 449 g/mol. The van der Waals surface area contributed by atoms with Crippen molar-refractivity contribution < 1.29 is 23.9 Å². The Labute approximate surface area is 187 Å². The van der Waals surface area contributed by atoms with Crippen molar-refractivity contribution in [1.82, 2.24) is 4.57 Å². The molecule has 0 aliphatic heterocycles. The number of fused-ring (bicyclic) bond motifs is 2. The topological polar surface area (TPSA) is 87.0 Å². The highest BCUT2D eigenvalue weighted by molar-refractivity contribution is 7.16. The van der Waals surface area contributed by atoms with Crippen LogP contribution >= 0.6 is 11.3 Å². The molecule has 0 saturated heterocycles. The van der Waals surface area contributed by atoms with Crippen LogP contribution in [0.15, 0.2) is 65.7 Å². The zero-order valence-electron chi connectivity index (χ0n) is 17.5. The number of carbonyl (C=O) groups is 3. The number of benzene rings is 3. The molecule has 1 amide bonds. The van der Waals surface area contributed by atoms with E-state index in [1.54, 1.807) is 41.8 Å². The van der Waals surface area contributed by atoms with Crippen LogP contribution in [0.3, 0.4) is 0 Å². The zero-order valence-corrected chi connectivity index (χ0v) is 18.3. The molecule has 0 bridgehead atoms. The summed E-state index contributed by atoms with van der Waals surface area (Å²) in [5.41, 5.74) is 1.48. The van der Waals surface area contributed by atoms with E-state index in [4.69, 9.17) is 9.47 Å². The highest BCUT2D eigenvalue weighted by Gasteiger charge is 2.15. The minimum Gasteiger partial charge on any atom is -0.465 e. The molecule has 7 nitrogen and oxygen atoms in total. The number of ether oxygens (including phenoxy) is 2. The number of aromatic nitrogens is 1. The third-order valence-electron chi connectivity index (χ3n) is 4.89. The molecule has 3 aromatic carbocycles.